The first kappa shape index (κ1) is 53.0. The average molecular weight is 848 g/mol. The summed E-state index contributed by atoms with van der Waals surface area (Å²) in [5.41, 5.74) is 4.25. The lowest BCUT2D eigenvalue weighted by Crippen LogP contribution is -2.35. The summed E-state index contributed by atoms with van der Waals surface area (Å²) in [4.78, 5) is 40.4. The topological polar surface area (TPSA) is 128 Å². The van der Waals surface area contributed by atoms with Gasteiger partial charge < -0.3 is 38.9 Å². The number of H-pyrrole nitrogens is 1. The first-order chi connectivity index (χ1) is 29.6. The monoisotopic (exact) mass is 848 g/mol. The van der Waals surface area contributed by atoms with Gasteiger partial charge in [-0.1, -0.05) is 93.2 Å². The van der Waals surface area contributed by atoms with E-state index in [1.165, 1.54) is 34.5 Å². The maximum Gasteiger partial charge on any atom is 0.226 e. The van der Waals surface area contributed by atoms with Crippen LogP contribution in [0.4, 0.5) is 0 Å². The van der Waals surface area contributed by atoms with Crippen molar-refractivity contribution in [2.24, 2.45) is 11.8 Å². The van der Waals surface area contributed by atoms with Crippen LogP contribution in [0.3, 0.4) is 0 Å². The molecular weight excluding hydrogens is 771 g/mol. The molecule has 0 bridgehead atoms. The number of aromatic amines is 1. The molecule has 0 spiro atoms. The number of unbranched alkanes of at least 4 members (excludes halogenated alkanes) is 1. The number of carbonyl (C=O) groups excluding carboxylic acids is 3. The molecule has 5 rings (SSSR count). The van der Waals surface area contributed by atoms with Gasteiger partial charge in [-0.25, -0.2) is 0 Å². The fourth-order valence-electron chi connectivity index (χ4n) is 6.87. The summed E-state index contributed by atoms with van der Waals surface area (Å²) in [5, 5.41) is 6.25. The average Bonchev–Trinajstić information content (AvgIpc) is 3.60. The van der Waals surface area contributed by atoms with Crippen LogP contribution in [-0.2, 0) is 23.7 Å². The molecule has 3 heterocycles. The molecule has 2 aliphatic heterocycles. The molecule has 1 unspecified atom stereocenters. The van der Waals surface area contributed by atoms with Gasteiger partial charge >= 0.3 is 0 Å². The van der Waals surface area contributed by atoms with E-state index in [1.807, 2.05) is 34.6 Å². The highest BCUT2D eigenvalue weighted by Gasteiger charge is 2.21. The number of hydrogen-bond donors (Lipinski definition) is 2. The van der Waals surface area contributed by atoms with Gasteiger partial charge in [-0.3, -0.25) is 14.4 Å². The number of ether oxygens (including phenoxy) is 5. The van der Waals surface area contributed by atoms with Crippen LogP contribution in [0.25, 0.3) is 23.6 Å². The summed E-state index contributed by atoms with van der Waals surface area (Å²) in [7, 11) is 0. The number of allylic oxidation sites excluding steroid dienone is 1. The number of rotatable bonds is 22. The van der Waals surface area contributed by atoms with Crippen LogP contribution in [0, 0.1) is 11.8 Å². The molecule has 2 aliphatic rings. The molecule has 1 amide bonds. The molecule has 11 nitrogen and oxygen atoms in total. The van der Waals surface area contributed by atoms with E-state index in [0.717, 1.165) is 56.4 Å². The molecular formula is C50H77N3O8. The lowest BCUT2D eigenvalue weighted by Gasteiger charge is -2.32. The van der Waals surface area contributed by atoms with Crippen LogP contribution in [0.5, 0.6) is 5.75 Å². The second-order valence-electron chi connectivity index (χ2n) is 15.1. The van der Waals surface area contributed by atoms with Gasteiger partial charge in [0.1, 0.15) is 12.4 Å². The highest BCUT2D eigenvalue weighted by molar-refractivity contribution is 6.04. The summed E-state index contributed by atoms with van der Waals surface area (Å²) in [6.07, 6.45) is 9.44. The van der Waals surface area contributed by atoms with Gasteiger partial charge in [0, 0.05) is 56.7 Å². The Labute approximate surface area is 366 Å². The highest BCUT2D eigenvalue weighted by atomic mass is 16.6. The number of amides is 1. The molecule has 11 heteroatoms. The molecule has 1 aromatic heterocycles. The number of fused-ring (bicyclic) bond motifs is 1. The largest absolute Gasteiger partial charge is 0.491 e. The SMILES string of the molecule is C=C1CCC(C)C(=O)N1.C=c1[nH]c2cc(C3CCN(CCOCCOCCOCCOCCOc4ccc(C=O)c(C(=O)C(C)C)c4)CC3)ccc2/c1=C/CCC.CC.CC. The van der Waals surface area contributed by atoms with Gasteiger partial charge in [-0.05, 0) is 80.9 Å². The number of aromatic nitrogens is 1. The second kappa shape index (κ2) is 30.8. The number of ketones is 1. The number of nitrogens with zero attached hydrogens (tertiary/aromatic N) is 1. The first-order valence-electron chi connectivity index (χ1n) is 22.7. The van der Waals surface area contributed by atoms with Gasteiger partial charge in [0.25, 0.3) is 0 Å². The number of likely N-dealkylation sites (tertiary alicyclic amines) is 1. The smallest absolute Gasteiger partial charge is 0.226 e. The quantitative estimate of drug-likeness (QED) is 0.0584. The molecule has 0 radical (unpaired) electrons. The van der Waals surface area contributed by atoms with Gasteiger partial charge in [-0.2, -0.15) is 0 Å². The lowest BCUT2D eigenvalue weighted by molar-refractivity contribution is -0.124. The Hall–Kier alpha value is -4.13. The van der Waals surface area contributed by atoms with Crippen LogP contribution in [0.1, 0.15) is 126 Å². The van der Waals surface area contributed by atoms with Crippen molar-refractivity contribution >= 4 is 41.5 Å². The van der Waals surface area contributed by atoms with E-state index >= 15 is 0 Å². The number of benzene rings is 2. The molecule has 2 fully saturated rings. The third-order valence-electron chi connectivity index (χ3n) is 10.4. The Kier molecular flexibility index (Phi) is 26.8. The molecule has 61 heavy (non-hydrogen) atoms. The molecule has 3 aromatic rings. The number of hydrogen-bond acceptors (Lipinski definition) is 9. The van der Waals surface area contributed by atoms with Crippen molar-refractivity contribution in [2.75, 3.05) is 79.1 Å². The number of piperidine rings is 2. The maximum absolute atomic E-state index is 12.4. The van der Waals surface area contributed by atoms with Crippen molar-refractivity contribution in [1.29, 1.82) is 0 Å². The van der Waals surface area contributed by atoms with Gasteiger partial charge in [-0.15, -0.1) is 0 Å². The van der Waals surface area contributed by atoms with Crippen LogP contribution < -0.4 is 20.6 Å². The summed E-state index contributed by atoms with van der Waals surface area (Å²) in [6.45, 7) is 31.2. The molecule has 2 aromatic carbocycles. The van der Waals surface area contributed by atoms with Crippen molar-refractivity contribution in [1.82, 2.24) is 15.2 Å². The zero-order chi connectivity index (χ0) is 45.0. The zero-order valence-corrected chi connectivity index (χ0v) is 38.7. The standard InChI is InChI=1S/C39H54N2O7.C7H11NO.2C2H6/c1-5-6-7-35-30(4)40-38-26-32(9-11-36(35)38)31-12-14-41(15-13-31)16-17-44-18-19-45-20-21-46-22-23-47-24-25-48-34-10-8-33(28-42)37(27-34)39(43)29(2)3;1-5-3-4-6(2)8-7(5)9;2*1-2/h7-11,26-29,31,40H,4-6,12-25H2,1-3H3;5H,2-4H2,1H3,(H,8,9);2*1-2H3/b35-7+;;;. The third-order valence-corrected chi connectivity index (χ3v) is 10.4. The lowest BCUT2D eigenvalue weighted by atomic mass is 9.89. The molecule has 0 saturated carbocycles. The zero-order valence-electron chi connectivity index (χ0n) is 38.7. The Balaban J connectivity index is 0.000000854. The Morgan fingerprint density at radius 3 is 2.02 bits per heavy atom. The van der Waals surface area contributed by atoms with E-state index in [1.54, 1.807) is 32.0 Å². The van der Waals surface area contributed by atoms with Gasteiger partial charge in [0.2, 0.25) is 5.91 Å². The first-order valence-corrected chi connectivity index (χ1v) is 22.7. The predicted octanol–water partition coefficient (Wildman–Crippen LogP) is 8.23. The van der Waals surface area contributed by atoms with Crippen molar-refractivity contribution in [3.8, 4) is 5.75 Å². The molecule has 340 valence electrons. The van der Waals surface area contributed by atoms with E-state index in [0.29, 0.717) is 88.5 Å². The van der Waals surface area contributed by atoms with Gasteiger partial charge in [0.05, 0.1) is 52.9 Å². The maximum atomic E-state index is 12.4. The Morgan fingerprint density at radius 1 is 0.852 bits per heavy atom. The molecule has 2 N–H and O–H groups in total. The Bertz CT molecular complexity index is 1850. The van der Waals surface area contributed by atoms with Crippen LogP contribution in [0.2, 0.25) is 0 Å². The molecule has 2 saturated heterocycles. The predicted molar refractivity (Wildman–Crippen MR) is 249 cm³/mol. The normalized spacial score (nSPS) is 15.9. The van der Waals surface area contributed by atoms with Crippen molar-refractivity contribution in [2.45, 2.75) is 99.8 Å². The second-order valence-corrected chi connectivity index (χ2v) is 15.1. The summed E-state index contributed by atoms with van der Waals surface area (Å²) >= 11 is 0. The van der Waals surface area contributed by atoms with Crippen LogP contribution >= 0.6 is 0 Å². The highest BCUT2D eigenvalue weighted by Crippen LogP contribution is 2.29. The van der Waals surface area contributed by atoms with Crippen molar-refractivity contribution in [3.63, 3.8) is 0 Å². The van der Waals surface area contributed by atoms with E-state index in [9.17, 15) is 14.4 Å². The Morgan fingerprint density at radius 2 is 1.46 bits per heavy atom. The van der Waals surface area contributed by atoms with Crippen LogP contribution in [-0.4, -0.2) is 107 Å². The van der Waals surface area contributed by atoms with Crippen LogP contribution in [0.15, 0.2) is 48.7 Å². The van der Waals surface area contributed by atoms with Gasteiger partial charge in [0.15, 0.2) is 12.1 Å². The minimum Gasteiger partial charge on any atom is -0.491 e. The molecule has 1 atom stereocenters. The minimum absolute atomic E-state index is 0.0827. The minimum atomic E-state index is -0.199. The van der Waals surface area contributed by atoms with E-state index in [2.05, 4.69) is 59.6 Å². The summed E-state index contributed by atoms with van der Waals surface area (Å²) in [5.74, 6) is 1.15. The number of Topliss-reactive ketones (excluding diaryl/α,β-unsaturated/α-hetero) is 1. The fraction of sp³-hybridized carbons (Fsp3) is 0.580. The van der Waals surface area contributed by atoms with E-state index in [-0.39, 0.29) is 23.5 Å². The summed E-state index contributed by atoms with van der Waals surface area (Å²) < 4.78 is 28.2. The summed E-state index contributed by atoms with van der Waals surface area (Å²) in [6, 6.07) is 11.8. The third kappa shape index (κ3) is 18.8. The van der Waals surface area contributed by atoms with E-state index in [4.69, 9.17) is 23.7 Å². The van der Waals surface area contributed by atoms with E-state index < -0.39 is 0 Å². The number of aldehydes is 1. The van der Waals surface area contributed by atoms with Crippen molar-refractivity contribution < 1.29 is 38.1 Å². The molecule has 0 aliphatic carbocycles. The van der Waals surface area contributed by atoms with Crippen molar-refractivity contribution in [3.05, 3.63) is 75.9 Å². The number of carbonyl (C=O) groups is 3. The fourth-order valence-corrected chi connectivity index (χ4v) is 6.87. The number of nitrogens with one attached hydrogen (secondary N) is 2.